The van der Waals surface area contributed by atoms with Gasteiger partial charge in [-0.05, 0) is 26.0 Å². The summed E-state index contributed by atoms with van der Waals surface area (Å²) in [6.07, 6.45) is 2.13. The summed E-state index contributed by atoms with van der Waals surface area (Å²) in [5, 5.41) is 2.32. The molecular weight excluding hydrogens is 146 g/mol. The summed E-state index contributed by atoms with van der Waals surface area (Å²) in [6, 6.07) is 8.19. The second-order valence-electron chi connectivity index (χ2n) is 3.20. The van der Waals surface area contributed by atoms with Gasteiger partial charge in [0, 0.05) is 5.22 Å². The van der Waals surface area contributed by atoms with Crippen molar-refractivity contribution in [2.45, 2.75) is 13.8 Å². The highest BCUT2D eigenvalue weighted by Crippen LogP contribution is 2.07. The molecule has 0 aromatic heterocycles. The van der Waals surface area contributed by atoms with Gasteiger partial charge in [-0.25, -0.2) is 4.99 Å². The van der Waals surface area contributed by atoms with Gasteiger partial charge in [-0.2, -0.15) is 0 Å². The molecule has 1 heteroatoms. The number of allylic oxidation sites excluding steroid dienone is 2. The van der Waals surface area contributed by atoms with Gasteiger partial charge in [0.05, 0.1) is 11.1 Å². The fourth-order valence-electron chi connectivity index (χ4n) is 1.28. The molecule has 60 valence electrons. The second kappa shape index (κ2) is 2.59. The Bertz CT molecular complexity index is 411. The number of hydrogen-bond acceptors (Lipinski definition) is 1. The molecule has 0 fully saturated rings. The van der Waals surface area contributed by atoms with Gasteiger partial charge in [0.1, 0.15) is 0 Å². The number of rotatable bonds is 0. The molecule has 1 heterocycles. The standard InChI is InChI=1S/C11H11N/c1-8(2)11-7-9-5-3-4-6-10(9)12-11/h3-7H,1-2H3. The maximum absolute atomic E-state index is 4.48. The van der Waals surface area contributed by atoms with E-state index in [1.165, 1.54) is 10.8 Å². The van der Waals surface area contributed by atoms with E-state index in [4.69, 9.17) is 0 Å². The Labute approximate surface area is 71.8 Å². The lowest BCUT2D eigenvalue weighted by Crippen LogP contribution is -2.19. The summed E-state index contributed by atoms with van der Waals surface area (Å²) >= 11 is 0. The van der Waals surface area contributed by atoms with Crippen molar-refractivity contribution in [3.8, 4) is 0 Å². The van der Waals surface area contributed by atoms with Crippen LogP contribution in [-0.4, -0.2) is 0 Å². The molecule has 2 rings (SSSR count). The fraction of sp³-hybridized carbons (Fsp3) is 0.182. The normalized spacial score (nSPS) is 13.3. The summed E-state index contributed by atoms with van der Waals surface area (Å²) in [7, 11) is 0. The van der Waals surface area contributed by atoms with Crippen LogP contribution in [-0.2, 0) is 0 Å². The van der Waals surface area contributed by atoms with Crippen LogP contribution in [0.25, 0.3) is 6.08 Å². The lowest BCUT2D eigenvalue weighted by molar-refractivity contribution is 1.24. The number of benzene rings is 1. The average Bonchev–Trinajstić information content (AvgIpc) is 2.46. The Hall–Kier alpha value is -1.37. The Balaban J connectivity index is 2.77. The molecule has 1 aromatic rings. The molecule has 0 unspecified atom stereocenters. The quantitative estimate of drug-likeness (QED) is 0.539. The molecule has 0 N–H and O–H groups in total. The molecule has 0 aliphatic carbocycles. The van der Waals surface area contributed by atoms with Crippen molar-refractivity contribution in [1.82, 2.24) is 0 Å². The molecular formula is C11H11N. The molecule has 1 aliphatic heterocycles. The van der Waals surface area contributed by atoms with Gasteiger partial charge < -0.3 is 0 Å². The van der Waals surface area contributed by atoms with E-state index in [9.17, 15) is 0 Å². The number of nitrogens with zero attached hydrogens (tertiary/aromatic N) is 1. The van der Waals surface area contributed by atoms with Crippen molar-refractivity contribution in [2.75, 3.05) is 0 Å². The number of hydrogen-bond donors (Lipinski definition) is 0. The lowest BCUT2D eigenvalue weighted by atomic mass is 10.2. The fourth-order valence-corrected chi connectivity index (χ4v) is 1.28. The third-order valence-corrected chi connectivity index (χ3v) is 1.98. The van der Waals surface area contributed by atoms with Crippen molar-refractivity contribution >= 4 is 6.08 Å². The lowest BCUT2D eigenvalue weighted by Gasteiger charge is -1.89. The SMILES string of the molecule is CC(C)=C1C=c2ccccc2=N1. The summed E-state index contributed by atoms with van der Waals surface area (Å²) < 4.78 is 0. The van der Waals surface area contributed by atoms with Crippen LogP contribution >= 0.6 is 0 Å². The first kappa shape index (κ1) is 7.29. The van der Waals surface area contributed by atoms with E-state index >= 15 is 0 Å². The molecule has 1 nitrogen and oxygen atoms in total. The Morgan fingerprint density at radius 3 is 2.58 bits per heavy atom. The van der Waals surface area contributed by atoms with Gasteiger partial charge in [0.2, 0.25) is 0 Å². The van der Waals surface area contributed by atoms with Gasteiger partial charge in [-0.1, -0.05) is 23.8 Å². The molecule has 0 saturated carbocycles. The third kappa shape index (κ3) is 1.07. The van der Waals surface area contributed by atoms with Crippen LogP contribution in [0.15, 0.2) is 40.5 Å². The van der Waals surface area contributed by atoms with Gasteiger partial charge in [-0.3, -0.25) is 0 Å². The zero-order valence-corrected chi connectivity index (χ0v) is 7.33. The highest BCUT2D eigenvalue weighted by molar-refractivity contribution is 5.50. The van der Waals surface area contributed by atoms with Crippen LogP contribution < -0.4 is 10.6 Å². The minimum Gasteiger partial charge on any atom is -0.248 e. The van der Waals surface area contributed by atoms with Gasteiger partial charge >= 0.3 is 0 Å². The van der Waals surface area contributed by atoms with Crippen LogP contribution in [0.4, 0.5) is 0 Å². The Morgan fingerprint density at radius 1 is 1.17 bits per heavy atom. The van der Waals surface area contributed by atoms with E-state index in [1.54, 1.807) is 0 Å². The summed E-state index contributed by atoms with van der Waals surface area (Å²) in [5.41, 5.74) is 2.38. The highest BCUT2D eigenvalue weighted by Gasteiger charge is 1.99. The molecule has 0 saturated heterocycles. The summed E-state index contributed by atoms with van der Waals surface area (Å²) in [6.45, 7) is 4.17. The van der Waals surface area contributed by atoms with E-state index < -0.39 is 0 Å². The first-order valence-electron chi connectivity index (χ1n) is 4.10. The molecule has 1 aliphatic rings. The van der Waals surface area contributed by atoms with Crippen molar-refractivity contribution < 1.29 is 0 Å². The van der Waals surface area contributed by atoms with Crippen molar-refractivity contribution in [3.63, 3.8) is 0 Å². The molecule has 12 heavy (non-hydrogen) atoms. The highest BCUT2D eigenvalue weighted by atomic mass is 14.7. The van der Waals surface area contributed by atoms with E-state index in [0.717, 1.165) is 11.1 Å². The van der Waals surface area contributed by atoms with E-state index in [0.29, 0.717) is 0 Å². The molecule has 0 atom stereocenters. The monoisotopic (exact) mass is 157 g/mol. The Kier molecular flexibility index (Phi) is 1.58. The van der Waals surface area contributed by atoms with Gasteiger partial charge in [0.15, 0.2) is 0 Å². The smallest absolute Gasteiger partial charge is 0.0710 e. The van der Waals surface area contributed by atoms with Crippen LogP contribution in [0.5, 0.6) is 0 Å². The summed E-state index contributed by atoms with van der Waals surface area (Å²) in [4.78, 5) is 4.48. The molecule has 0 radical (unpaired) electrons. The zero-order valence-electron chi connectivity index (χ0n) is 7.33. The molecule has 1 aromatic carbocycles. The number of para-hydroxylation sites is 1. The zero-order chi connectivity index (χ0) is 8.55. The average molecular weight is 157 g/mol. The maximum Gasteiger partial charge on any atom is 0.0710 e. The van der Waals surface area contributed by atoms with E-state index in [-0.39, 0.29) is 0 Å². The predicted octanol–water partition coefficient (Wildman–Crippen LogP) is 1.39. The summed E-state index contributed by atoms with van der Waals surface area (Å²) in [5.74, 6) is 0. The van der Waals surface area contributed by atoms with Crippen LogP contribution in [0, 0.1) is 0 Å². The van der Waals surface area contributed by atoms with E-state index in [1.807, 2.05) is 18.2 Å². The van der Waals surface area contributed by atoms with Crippen LogP contribution in [0.3, 0.4) is 0 Å². The Morgan fingerprint density at radius 2 is 1.92 bits per heavy atom. The minimum absolute atomic E-state index is 1.09. The molecule has 0 amide bonds. The van der Waals surface area contributed by atoms with Crippen molar-refractivity contribution in [2.24, 2.45) is 4.99 Å². The van der Waals surface area contributed by atoms with Crippen molar-refractivity contribution in [1.29, 1.82) is 0 Å². The maximum atomic E-state index is 4.48. The number of fused-ring (bicyclic) bond motifs is 1. The van der Waals surface area contributed by atoms with Crippen molar-refractivity contribution in [3.05, 3.63) is 46.1 Å². The van der Waals surface area contributed by atoms with Crippen LogP contribution in [0.2, 0.25) is 0 Å². The van der Waals surface area contributed by atoms with E-state index in [2.05, 4.69) is 31.0 Å². The molecule has 0 bridgehead atoms. The largest absolute Gasteiger partial charge is 0.248 e. The second-order valence-corrected chi connectivity index (χ2v) is 3.20. The van der Waals surface area contributed by atoms with Gasteiger partial charge in [0.25, 0.3) is 0 Å². The van der Waals surface area contributed by atoms with Gasteiger partial charge in [-0.15, -0.1) is 0 Å². The first-order chi connectivity index (χ1) is 5.77. The molecule has 0 spiro atoms. The first-order valence-corrected chi connectivity index (χ1v) is 4.10. The minimum atomic E-state index is 1.09. The van der Waals surface area contributed by atoms with Crippen LogP contribution in [0.1, 0.15) is 13.8 Å². The third-order valence-electron chi connectivity index (χ3n) is 1.98. The topological polar surface area (TPSA) is 12.4 Å². The predicted molar refractivity (Wildman–Crippen MR) is 50.1 cm³/mol.